The summed E-state index contributed by atoms with van der Waals surface area (Å²) in [5, 5.41) is 0.154. The molecule has 0 saturated carbocycles. The van der Waals surface area contributed by atoms with Gasteiger partial charge in [0.25, 0.3) is 0 Å². The van der Waals surface area contributed by atoms with Crippen LogP contribution in [0.25, 0.3) is 0 Å². The molecular formula is C13H18ClFN2O. The Morgan fingerprint density at radius 3 is 2.94 bits per heavy atom. The van der Waals surface area contributed by atoms with Gasteiger partial charge in [0.2, 0.25) is 0 Å². The fraction of sp³-hybridized carbons (Fsp3) is 0.538. The summed E-state index contributed by atoms with van der Waals surface area (Å²) < 4.78 is 18.5. The number of nitrogens with zero attached hydrogens (tertiary/aromatic N) is 1. The molecule has 100 valence electrons. The molecule has 1 fully saturated rings. The number of rotatable bonds is 4. The Morgan fingerprint density at radius 1 is 1.50 bits per heavy atom. The van der Waals surface area contributed by atoms with Crippen molar-refractivity contribution in [1.29, 1.82) is 0 Å². The van der Waals surface area contributed by atoms with Crippen LogP contribution in [0.5, 0.6) is 0 Å². The molecule has 1 saturated heterocycles. The third-order valence-electron chi connectivity index (χ3n) is 3.42. The normalized spacial score (nSPS) is 24.7. The van der Waals surface area contributed by atoms with E-state index < -0.39 is 0 Å². The SMILES string of the molecule is COCCN1CC(N)C(c2ccc(Cl)c(F)c2)C1. The number of ether oxygens (including phenoxy) is 1. The second-order valence-corrected chi connectivity index (χ2v) is 5.10. The molecule has 1 aliphatic heterocycles. The summed E-state index contributed by atoms with van der Waals surface area (Å²) in [7, 11) is 1.68. The lowest BCUT2D eigenvalue weighted by Crippen LogP contribution is -2.30. The average Bonchev–Trinajstić information content (AvgIpc) is 2.71. The molecular weight excluding hydrogens is 255 g/mol. The average molecular weight is 273 g/mol. The predicted molar refractivity (Wildman–Crippen MR) is 70.4 cm³/mol. The molecule has 0 amide bonds. The summed E-state index contributed by atoms with van der Waals surface area (Å²) in [5.41, 5.74) is 7.04. The number of likely N-dealkylation sites (tertiary alicyclic amines) is 1. The number of benzene rings is 1. The third-order valence-corrected chi connectivity index (χ3v) is 3.73. The van der Waals surface area contributed by atoms with Gasteiger partial charge in [-0.15, -0.1) is 0 Å². The lowest BCUT2D eigenvalue weighted by atomic mass is 9.95. The number of hydrogen-bond donors (Lipinski definition) is 1. The minimum absolute atomic E-state index is 0.0300. The van der Waals surface area contributed by atoms with E-state index in [0.29, 0.717) is 6.61 Å². The van der Waals surface area contributed by atoms with Gasteiger partial charge in [-0.1, -0.05) is 17.7 Å². The second kappa shape index (κ2) is 5.97. The van der Waals surface area contributed by atoms with Gasteiger partial charge in [-0.3, -0.25) is 4.90 Å². The van der Waals surface area contributed by atoms with Gasteiger partial charge >= 0.3 is 0 Å². The van der Waals surface area contributed by atoms with Crippen LogP contribution in [0.15, 0.2) is 18.2 Å². The van der Waals surface area contributed by atoms with Crippen LogP contribution in [-0.2, 0) is 4.74 Å². The van der Waals surface area contributed by atoms with Crippen molar-refractivity contribution in [2.45, 2.75) is 12.0 Å². The zero-order valence-electron chi connectivity index (χ0n) is 10.4. The molecule has 1 aromatic rings. The molecule has 5 heteroatoms. The molecule has 18 heavy (non-hydrogen) atoms. The molecule has 2 rings (SSSR count). The standard InChI is InChI=1S/C13H18ClFN2O/c1-18-5-4-17-7-10(13(16)8-17)9-2-3-11(14)12(15)6-9/h2-3,6,10,13H,4-5,7-8,16H2,1H3. The lowest BCUT2D eigenvalue weighted by molar-refractivity contribution is 0.160. The molecule has 1 aliphatic rings. The van der Waals surface area contributed by atoms with Crippen molar-refractivity contribution >= 4 is 11.6 Å². The summed E-state index contributed by atoms with van der Waals surface area (Å²) >= 11 is 5.69. The minimum atomic E-state index is -0.378. The molecule has 2 N–H and O–H groups in total. The van der Waals surface area contributed by atoms with Crippen LogP contribution in [0.4, 0.5) is 4.39 Å². The van der Waals surface area contributed by atoms with Gasteiger partial charge in [0.05, 0.1) is 11.6 Å². The van der Waals surface area contributed by atoms with E-state index in [1.807, 2.05) is 6.07 Å². The van der Waals surface area contributed by atoms with E-state index in [2.05, 4.69) is 4.90 Å². The van der Waals surface area contributed by atoms with Crippen LogP contribution >= 0.6 is 11.6 Å². The highest BCUT2D eigenvalue weighted by atomic mass is 35.5. The van der Waals surface area contributed by atoms with Crippen LogP contribution in [0, 0.1) is 5.82 Å². The molecule has 1 aromatic carbocycles. The van der Waals surface area contributed by atoms with Gasteiger partial charge < -0.3 is 10.5 Å². The Hall–Kier alpha value is -0.680. The fourth-order valence-electron chi connectivity index (χ4n) is 2.41. The molecule has 0 aromatic heterocycles. The number of methoxy groups -OCH3 is 1. The Kier molecular flexibility index (Phi) is 4.56. The summed E-state index contributed by atoms with van der Waals surface area (Å²) in [4.78, 5) is 2.24. The molecule has 3 nitrogen and oxygen atoms in total. The Labute approximate surface area is 112 Å². The third kappa shape index (κ3) is 3.01. The predicted octanol–water partition coefficient (Wildman–Crippen LogP) is 1.85. The first kappa shape index (κ1) is 13.7. The van der Waals surface area contributed by atoms with E-state index in [4.69, 9.17) is 22.1 Å². The first-order valence-corrected chi connectivity index (χ1v) is 6.41. The van der Waals surface area contributed by atoms with Crippen LogP contribution in [-0.4, -0.2) is 44.3 Å². The smallest absolute Gasteiger partial charge is 0.142 e. The van der Waals surface area contributed by atoms with E-state index in [1.54, 1.807) is 13.2 Å². The van der Waals surface area contributed by atoms with Gasteiger partial charge in [0.15, 0.2) is 0 Å². The monoisotopic (exact) mass is 272 g/mol. The first-order chi connectivity index (χ1) is 8.61. The second-order valence-electron chi connectivity index (χ2n) is 4.70. The number of nitrogens with two attached hydrogens (primary N) is 1. The maximum Gasteiger partial charge on any atom is 0.142 e. The van der Waals surface area contributed by atoms with Crippen molar-refractivity contribution in [3.05, 3.63) is 34.6 Å². The summed E-state index contributed by atoms with van der Waals surface area (Å²) in [6, 6.07) is 4.97. The Bertz CT molecular complexity index is 416. The van der Waals surface area contributed by atoms with Crippen LogP contribution in [0.1, 0.15) is 11.5 Å². The first-order valence-electron chi connectivity index (χ1n) is 6.03. The van der Waals surface area contributed by atoms with Crippen molar-refractivity contribution in [3.8, 4) is 0 Å². The Morgan fingerprint density at radius 2 is 2.28 bits per heavy atom. The quantitative estimate of drug-likeness (QED) is 0.909. The lowest BCUT2D eigenvalue weighted by Gasteiger charge is -2.15. The molecule has 0 aliphatic carbocycles. The van der Waals surface area contributed by atoms with Gasteiger partial charge in [-0.25, -0.2) is 4.39 Å². The zero-order chi connectivity index (χ0) is 13.1. The van der Waals surface area contributed by atoms with Gasteiger partial charge in [-0.05, 0) is 17.7 Å². The Balaban J connectivity index is 2.06. The molecule has 2 atom stereocenters. The van der Waals surface area contributed by atoms with E-state index in [9.17, 15) is 4.39 Å². The molecule has 0 bridgehead atoms. The van der Waals surface area contributed by atoms with E-state index in [-0.39, 0.29) is 22.8 Å². The van der Waals surface area contributed by atoms with Crippen molar-refractivity contribution in [2.75, 3.05) is 33.4 Å². The fourth-order valence-corrected chi connectivity index (χ4v) is 2.53. The van der Waals surface area contributed by atoms with Gasteiger partial charge in [-0.2, -0.15) is 0 Å². The van der Waals surface area contributed by atoms with Gasteiger partial charge in [0, 0.05) is 38.7 Å². The number of hydrogen-bond acceptors (Lipinski definition) is 3. The van der Waals surface area contributed by atoms with E-state index in [1.165, 1.54) is 6.07 Å². The van der Waals surface area contributed by atoms with Crippen molar-refractivity contribution in [3.63, 3.8) is 0 Å². The van der Waals surface area contributed by atoms with E-state index in [0.717, 1.165) is 25.2 Å². The maximum atomic E-state index is 13.5. The number of halogens is 2. The van der Waals surface area contributed by atoms with Crippen molar-refractivity contribution in [2.24, 2.45) is 5.73 Å². The largest absolute Gasteiger partial charge is 0.383 e. The summed E-state index contributed by atoms with van der Waals surface area (Å²) in [6.07, 6.45) is 0. The zero-order valence-corrected chi connectivity index (χ0v) is 11.2. The van der Waals surface area contributed by atoms with Crippen LogP contribution in [0.2, 0.25) is 5.02 Å². The van der Waals surface area contributed by atoms with Crippen LogP contribution in [0.3, 0.4) is 0 Å². The molecule has 0 radical (unpaired) electrons. The van der Waals surface area contributed by atoms with E-state index >= 15 is 0 Å². The molecule has 0 spiro atoms. The highest BCUT2D eigenvalue weighted by Gasteiger charge is 2.31. The summed E-state index contributed by atoms with van der Waals surface area (Å²) in [5.74, 6) is -0.217. The molecule has 2 unspecified atom stereocenters. The van der Waals surface area contributed by atoms with Gasteiger partial charge in [0.1, 0.15) is 5.82 Å². The van der Waals surface area contributed by atoms with Crippen molar-refractivity contribution in [1.82, 2.24) is 4.90 Å². The summed E-state index contributed by atoms with van der Waals surface area (Å²) in [6.45, 7) is 3.20. The maximum absolute atomic E-state index is 13.5. The van der Waals surface area contributed by atoms with Crippen LogP contribution < -0.4 is 5.73 Å². The molecule has 1 heterocycles. The highest BCUT2D eigenvalue weighted by Crippen LogP contribution is 2.28. The topological polar surface area (TPSA) is 38.5 Å². The van der Waals surface area contributed by atoms with Crippen molar-refractivity contribution < 1.29 is 9.13 Å². The highest BCUT2D eigenvalue weighted by molar-refractivity contribution is 6.30. The minimum Gasteiger partial charge on any atom is -0.383 e.